The van der Waals surface area contributed by atoms with Crippen LogP contribution in [0.1, 0.15) is 18.8 Å². The molecule has 1 atom stereocenters. The van der Waals surface area contributed by atoms with Crippen LogP contribution in [0, 0.1) is 0 Å². The number of rotatable bonds is 4. The van der Waals surface area contributed by atoms with Crippen molar-refractivity contribution in [3.8, 4) is 0 Å². The standard InChI is InChI=1S/C14H12Cl2N4O2S/c1-9(14-18-17-13-4-2-3-7-20(13)14)19-23(21,22)12-8-10(15)5-6-11(12)16/h2-9,19H,1H3/t9-/m0/s1. The van der Waals surface area contributed by atoms with Crippen molar-refractivity contribution in [2.75, 3.05) is 0 Å². The molecule has 0 aliphatic carbocycles. The van der Waals surface area contributed by atoms with Crippen LogP contribution in [0.3, 0.4) is 0 Å². The molecule has 0 fully saturated rings. The summed E-state index contributed by atoms with van der Waals surface area (Å²) in [5, 5.41) is 8.43. The Hall–Kier alpha value is -1.67. The maximum Gasteiger partial charge on any atom is 0.242 e. The summed E-state index contributed by atoms with van der Waals surface area (Å²) < 4.78 is 29.3. The number of halogens is 2. The van der Waals surface area contributed by atoms with Gasteiger partial charge in [0.25, 0.3) is 0 Å². The number of hydrogen-bond donors (Lipinski definition) is 1. The second-order valence-corrected chi connectivity index (χ2v) is 7.43. The lowest BCUT2D eigenvalue weighted by Gasteiger charge is -2.14. The van der Waals surface area contributed by atoms with E-state index in [9.17, 15) is 8.42 Å². The molecule has 2 aromatic heterocycles. The second-order valence-electron chi connectivity index (χ2n) is 4.90. The normalized spacial score (nSPS) is 13.3. The van der Waals surface area contributed by atoms with Crippen LogP contribution in [-0.4, -0.2) is 23.0 Å². The molecule has 3 rings (SSSR count). The zero-order chi connectivity index (χ0) is 16.6. The first-order valence-corrected chi connectivity index (χ1v) is 8.89. The molecule has 0 saturated carbocycles. The summed E-state index contributed by atoms with van der Waals surface area (Å²) in [6, 6.07) is 9.09. The average Bonchev–Trinajstić information content (AvgIpc) is 2.93. The second kappa shape index (κ2) is 6.09. The SMILES string of the molecule is C[C@H](NS(=O)(=O)c1cc(Cl)ccc1Cl)c1nnc2ccccn12. The van der Waals surface area contributed by atoms with E-state index in [2.05, 4.69) is 14.9 Å². The summed E-state index contributed by atoms with van der Waals surface area (Å²) in [7, 11) is -3.85. The molecule has 1 aromatic carbocycles. The molecule has 0 aliphatic heterocycles. The van der Waals surface area contributed by atoms with Crippen molar-refractivity contribution in [3.63, 3.8) is 0 Å². The third kappa shape index (κ3) is 3.18. The van der Waals surface area contributed by atoms with Crippen molar-refractivity contribution in [1.29, 1.82) is 0 Å². The molecular formula is C14H12Cl2N4O2S. The highest BCUT2D eigenvalue weighted by atomic mass is 35.5. The summed E-state index contributed by atoms with van der Waals surface area (Å²) in [5.41, 5.74) is 0.634. The van der Waals surface area contributed by atoms with Crippen molar-refractivity contribution in [1.82, 2.24) is 19.3 Å². The van der Waals surface area contributed by atoms with Gasteiger partial charge in [0, 0.05) is 11.2 Å². The number of sulfonamides is 1. The van der Waals surface area contributed by atoms with E-state index in [-0.39, 0.29) is 14.9 Å². The van der Waals surface area contributed by atoms with Gasteiger partial charge in [0.15, 0.2) is 11.5 Å². The molecule has 6 nitrogen and oxygen atoms in total. The predicted molar refractivity (Wildman–Crippen MR) is 88.2 cm³/mol. The Kier molecular flexibility index (Phi) is 4.29. The fraction of sp³-hybridized carbons (Fsp3) is 0.143. The Morgan fingerprint density at radius 3 is 2.74 bits per heavy atom. The molecule has 23 heavy (non-hydrogen) atoms. The molecular weight excluding hydrogens is 359 g/mol. The molecule has 9 heteroatoms. The number of fused-ring (bicyclic) bond motifs is 1. The van der Waals surface area contributed by atoms with Crippen molar-refractivity contribution < 1.29 is 8.42 Å². The van der Waals surface area contributed by atoms with Gasteiger partial charge in [-0.05, 0) is 37.3 Å². The van der Waals surface area contributed by atoms with Crippen LogP contribution in [0.25, 0.3) is 5.65 Å². The van der Waals surface area contributed by atoms with Crippen molar-refractivity contribution in [2.45, 2.75) is 17.9 Å². The van der Waals surface area contributed by atoms with Gasteiger partial charge >= 0.3 is 0 Å². The topological polar surface area (TPSA) is 76.4 Å². The molecule has 0 saturated heterocycles. The molecule has 0 radical (unpaired) electrons. The highest BCUT2D eigenvalue weighted by Crippen LogP contribution is 2.26. The molecule has 0 unspecified atom stereocenters. The third-order valence-corrected chi connectivity index (χ3v) is 5.50. The van der Waals surface area contributed by atoms with Crippen LogP contribution in [-0.2, 0) is 10.0 Å². The monoisotopic (exact) mass is 370 g/mol. The minimum atomic E-state index is -3.85. The van der Waals surface area contributed by atoms with Gasteiger partial charge in [0.2, 0.25) is 10.0 Å². The lowest BCUT2D eigenvalue weighted by atomic mass is 10.3. The average molecular weight is 371 g/mol. The molecule has 0 aliphatic rings. The van der Waals surface area contributed by atoms with Gasteiger partial charge in [0.05, 0.1) is 11.1 Å². The third-order valence-electron chi connectivity index (χ3n) is 3.24. The molecule has 120 valence electrons. The van der Waals surface area contributed by atoms with Crippen molar-refractivity contribution >= 4 is 38.9 Å². The first kappa shape index (κ1) is 16.2. The number of aromatic nitrogens is 3. The van der Waals surface area contributed by atoms with Gasteiger partial charge in [-0.25, -0.2) is 13.1 Å². The Bertz CT molecular complexity index is 972. The lowest BCUT2D eigenvalue weighted by Crippen LogP contribution is -2.28. The Morgan fingerprint density at radius 2 is 1.96 bits per heavy atom. The van der Waals surface area contributed by atoms with Crippen LogP contribution in [0.4, 0.5) is 0 Å². The zero-order valence-electron chi connectivity index (χ0n) is 11.9. The smallest absolute Gasteiger partial charge is 0.242 e. The van der Waals surface area contributed by atoms with E-state index >= 15 is 0 Å². The van der Waals surface area contributed by atoms with Gasteiger partial charge in [-0.15, -0.1) is 10.2 Å². The first-order valence-electron chi connectivity index (χ1n) is 6.65. The molecule has 2 heterocycles. The quantitative estimate of drug-likeness (QED) is 0.765. The number of hydrogen-bond acceptors (Lipinski definition) is 4. The van der Waals surface area contributed by atoms with E-state index in [0.717, 1.165) is 0 Å². The molecule has 0 bridgehead atoms. The summed E-state index contributed by atoms with van der Waals surface area (Å²) >= 11 is 11.8. The number of nitrogens with zero attached hydrogens (tertiary/aromatic N) is 3. The van der Waals surface area contributed by atoms with E-state index in [1.165, 1.54) is 18.2 Å². The summed E-state index contributed by atoms with van der Waals surface area (Å²) in [5.74, 6) is 0.474. The van der Waals surface area contributed by atoms with E-state index in [4.69, 9.17) is 23.2 Å². The maximum atomic E-state index is 12.5. The maximum absolute atomic E-state index is 12.5. The Morgan fingerprint density at radius 1 is 1.17 bits per heavy atom. The van der Waals surface area contributed by atoms with Gasteiger partial charge in [0.1, 0.15) is 4.90 Å². The highest BCUT2D eigenvalue weighted by molar-refractivity contribution is 7.89. The van der Waals surface area contributed by atoms with Crippen LogP contribution in [0.5, 0.6) is 0 Å². The van der Waals surface area contributed by atoms with E-state index in [1.54, 1.807) is 23.6 Å². The van der Waals surface area contributed by atoms with E-state index in [1.807, 2.05) is 12.1 Å². The number of pyridine rings is 1. The van der Waals surface area contributed by atoms with Crippen LogP contribution >= 0.6 is 23.2 Å². The highest BCUT2D eigenvalue weighted by Gasteiger charge is 2.24. The van der Waals surface area contributed by atoms with Gasteiger partial charge in [-0.2, -0.15) is 0 Å². The van der Waals surface area contributed by atoms with Gasteiger partial charge < -0.3 is 0 Å². The summed E-state index contributed by atoms with van der Waals surface area (Å²) in [6.07, 6.45) is 1.77. The molecule has 3 aromatic rings. The Balaban J connectivity index is 1.95. The number of benzene rings is 1. The van der Waals surface area contributed by atoms with Gasteiger partial charge in [-0.3, -0.25) is 4.40 Å². The summed E-state index contributed by atoms with van der Waals surface area (Å²) in [6.45, 7) is 1.68. The fourth-order valence-corrected chi connectivity index (χ4v) is 4.15. The minimum absolute atomic E-state index is 0.0765. The Labute approximate surface area is 143 Å². The van der Waals surface area contributed by atoms with E-state index in [0.29, 0.717) is 11.5 Å². The van der Waals surface area contributed by atoms with Crippen LogP contribution < -0.4 is 4.72 Å². The zero-order valence-corrected chi connectivity index (χ0v) is 14.3. The predicted octanol–water partition coefficient (Wildman–Crippen LogP) is 3.08. The molecule has 1 N–H and O–H groups in total. The fourth-order valence-electron chi connectivity index (χ4n) is 2.19. The first-order chi connectivity index (χ1) is 10.9. The molecule has 0 spiro atoms. The number of nitrogens with one attached hydrogen (secondary N) is 1. The lowest BCUT2D eigenvalue weighted by molar-refractivity contribution is 0.558. The van der Waals surface area contributed by atoms with Crippen molar-refractivity contribution in [2.24, 2.45) is 0 Å². The molecule has 0 amide bonds. The van der Waals surface area contributed by atoms with Crippen molar-refractivity contribution in [3.05, 3.63) is 58.5 Å². The van der Waals surface area contributed by atoms with Gasteiger partial charge in [-0.1, -0.05) is 29.3 Å². The van der Waals surface area contributed by atoms with Crippen LogP contribution in [0.2, 0.25) is 10.0 Å². The summed E-state index contributed by atoms with van der Waals surface area (Å²) in [4.78, 5) is -0.0765. The van der Waals surface area contributed by atoms with Crippen LogP contribution in [0.15, 0.2) is 47.5 Å². The largest absolute Gasteiger partial charge is 0.285 e. The minimum Gasteiger partial charge on any atom is -0.285 e. The van der Waals surface area contributed by atoms with E-state index < -0.39 is 16.1 Å².